The zero-order valence-corrected chi connectivity index (χ0v) is 13.7. The third-order valence-electron chi connectivity index (χ3n) is 2.89. The van der Waals surface area contributed by atoms with Crippen molar-refractivity contribution in [3.8, 4) is 5.75 Å². The second kappa shape index (κ2) is 11.4. The maximum Gasteiger partial charge on any atom is 0.234 e. The van der Waals surface area contributed by atoms with Crippen molar-refractivity contribution in [2.75, 3.05) is 53.6 Å². The molecule has 0 aliphatic heterocycles. The molecule has 0 radical (unpaired) electrons. The van der Waals surface area contributed by atoms with Crippen LogP contribution in [0.4, 0.5) is 0 Å². The summed E-state index contributed by atoms with van der Waals surface area (Å²) >= 11 is 0. The van der Waals surface area contributed by atoms with E-state index in [4.69, 9.17) is 9.47 Å². The molecule has 2 amide bonds. The van der Waals surface area contributed by atoms with Crippen molar-refractivity contribution in [3.63, 3.8) is 0 Å². The number of hydrogen-bond acceptors (Lipinski definition) is 5. The molecule has 0 saturated heterocycles. The molecule has 128 valence electrons. The van der Waals surface area contributed by atoms with Gasteiger partial charge in [-0.1, -0.05) is 18.2 Å². The minimum atomic E-state index is -0.145. The van der Waals surface area contributed by atoms with Gasteiger partial charge in [-0.05, 0) is 19.2 Å². The van der Waals surface area contributed by atoms with E-state index in [-0.39, 0.29) is 24.9 Å². The Hall–Kier alpha value is -2.12. The van der Waals surface area contributed by atoms with Gasteiger partial charge in [-0.3, -0.25) is 14.5 Å². The molecule has 1 aromatic carbocycles. The molecule has 23 heavy (non-hydrogen) atoms. The van der Waals surface area contributed by atoms with Gasteiger partial charge < -0.3 is 20.1 Å². The fourth-order valence-electron chi connectivity index (χ4n) is 1.83. The SMILES string of the molecule is COCCNC(=O)CN(C)CC(=O)NCCOc1ccccc1. The first kappa shape index (κ1) is 18.9. The molecule has 0 aromatic heterocycles. The zero-order valence-electron chi connectivity index (χ0n) is 13.7. The number of methoxy groups -OCH3 is 1. The second-order valence-electron chi connectivity index (χ2n) is 5.03. The Morgan fingerprint density at radius 3 is 2.13 bits per heavy atom. The number of hydrogen-bond donors (Lipinski definition) is 2. The van der Waals surface area contributed by atoms with Gasteiger partial charge in [-0.2, -0.15) is 0 Å². The number of nitrogens with zero attached hydrogens (tertiary/aromatic N) is 1. The lowest BCUT2D eigenvalue weighted by Gasteiger charge is -2.16. The first-order valence-corrected chi connectivity index (χ1v) is 7.50. The molecular formula is C16H25N3O4. The lowest BCUT2D eigenvalue weighted by Crippen LogP contribution is -2.42. The van der Waals surface area contributed by atoms with Crippen LogP contribution in [0.15, 0.2) is 30.3 Å². The number of nitrogens with one attached hydrogen (secondary N) is 2. The summed E-state index contributed by atoms with van der Waals surface area (Å²) in [6, 6.07) is 9.41. The van der Waals surface area contributed by atoms with E-state index >= 15 is 0 Å². The Morgan fingerprint density at radius 2 is 1.57 bits per heavy atom. The summed E-state index contributed by atoms with van der Waals surface area (Å²) < 4.78 is 10.3. The third kappa shape index (κ3) is 9.49. The van der Waals surface area contributed by atoms with Crippen LogP contribution >= 0.6 is 0 Å². The van der Waals surface area contributed by atoms with Crippen LogP contribution in [-0.4, -0.2) is 70.3 Å². The standard InChI is InChI=1S/C16H25N3O4/c1-19(12-15(20)17-8-10-22-2)13-16(21)18-9-11-23-14-6-4-3-5-7-14/h3-7H,8-13H2,1-2H3,(H,17,20)(H,18,21). The van der Waals surface area contributed by atoms with Gasteiger partial charge in [0.25, 0.3) is 0 Å². The molecule has 7 heteroatoms. The molecule has 0 spiro atoms. The van der Waals surface area contributed by atoms with Gasteiger partial charge in [0.1, 0.15) is 12.4 Å². The highest BCUT2D eigenvalue weighted by Gasteiger charge is 2.10. The fraction of sp³-hybridized carbons (Fsp3) is 0.500. The van der Waals surface area contributed by atoms with E-state index in [1.165, 1.54) is 0 Å². The van der Waals surface area contributed by atoms with Crippen LogP contribution < -0.4 is 15.4 Å². The summed E-state index contributed by atoms with van der Waals surface area (Å²) in [5.41, 5.74) is 0. The van der Waals surface area contributed by atoms with Gasteiger partial charge in [0.2, 0.25) is 11.8 Å². The molecule has 0 bridgehead atoms. The summed E-state index contributed by atoms with van der Waals surface area (Å²) in [4.78, 5) is 25.0. The molecular weight excluding hydrogens is 298 g/mol. The molecule has 0 atom stereocenters. The van der Waals surface area contributed by atoms with E-state index in [1.54, 1.807) is 19.1 Å². The number of carbonyl (C=O) groups excluding carboxylic acids is 2. The van der Waals surface area contributed by atoms with E-state index in [0.717, 1.165) is 5.75 Å². The molecule has 0 heterocycles. The Balaban J connectivity index is 2.09. The average Bonchev–Trinajstić information content (AvgIpc) is 2.52. The van der Waals surface area contributed by atoms with Crippen LogP contribution in [-0.2, 0) is 14.3 Å². The van der Waals surface area contributed by atoms with E-state index in [9.17, 15) is 9.59 Å². The molecule has 0 aliphatic rings. The van der Waals surface area contributed by atoms with Crippen LogP contribution in [0.25, 0.3) is 0 Å². The topological polar surface area (TPSA) is 79.9 Å². The highest BCUT2D eigenvalue weighted by molar-refractivity contribution is 5.81. The molecule has 0 saturated carbocycles. The monoisotopic (exact) mass is 323 g/mol. The van der Waals surface area contributed by atoms with Crippen LogP contribution in [0, 0.1) is 0 Å². The number of ether oxygens (including phenoxy) is 2. The first-order valence-electron chi connectivity index (χ1n) is 7.50. The minimum Gasteiger partial charge on any atom is -0.492 e. The molecule has 2 N–H and O–H groups in total. The lowest BCUT2D eigenvalue weighted by atomic mass is 10.3. The summed E-state index contributed by atoms with van der Waals surface area (Å²) in [6.07, 6.45) is 0. The van der Waals surface area contributed by atoms with Crippen LogP contribution in [0.2, 0.25) is 0 Å². The van der Waals surface area contributed by atoms with Crippen LogP contribution in [0.1, 0.15) is 0 Å². The number of likely N-dealkylation sites (N-methyl/N-ethyl adjacent to an activating group) is 1. The van der Waals surface area contributed by atoms with E-state index in [2.05, 4.69) is 10.6 Å². The van der Waals surface area contributed by atoms with E-state index in [1.807, 2.05) is 30.3 Å². The number of benzene rings is 1. The Kier molecular flexibility index (Phi) is 9.42. The summed E-state index contributed by atoms with van der Waals surface area (Å²) in [7, 11) is 3.29. The lowest BCUT2D eigenvalue weighted by molar-refractivity contribution is -0.124. The summed E-state index contributed by atoms with van der Waals surface area (Å²) in [5, 5.41) is 5.45. The molecule has 0 unspecified atom stereocenters. The maximum absolute atomic E-state index is 11.7. The second-order valence-corrected chi connectivity index (χ2v) is 5.03. The molecule has 0 fully saturated rings. The van der Waals surface area contributed by atoms with Crippen molar-refractivity contribution < 1.29 is 19.1 Å². The van der Waals surface area contributed by atoms with Crippen molar-refractivity contribution in [2.24, 2.45) is 0 Å². The van der Waals surface area contributed by atoms with Gasteiger partial charge in [0.15, 0.2) is 0 Å². The number of rotatable bonds is 11. The zero-order chi connectivity index (χ0) is 16.9. The molecule has 1 rings (SSSR count). The molecule has 7 nitrogen and oxygen atoms in total. The predicted octanol–water partition coefficient (Wildman–Crippen LogP) is -0.124. The van der Waals surface area contributed by atoms with Gasteiger partial charge in [-0.25, -0.2) is 0 Å². The van der Waals surface area contributed by atoms with E-state index in [0.29, 0.717) is 26.3 Å². The van der Waals surface area contributed by atoms with Gasteiger partial charge in [0.05, 0.1) is 26.2 Å². The van der Waals surface area contributed by atoms with Crippen molar-refractivity contribution >= 4 is 11.8 Å². The highest BCUT2D eigenvalue weighted by Crippen LogP contribution is 2.07. The normalized spacial score (nSPS) is 10.4. The van der Waals surface area contributed by atoms with Gasteiger partial charge in [-0.15, -0.1) is 0 Å². The van der Waals surface area contributed by atoms with Crippen LogP contribution in [0.5, 0.6) is 5.75 Å². The molecule has 0 aliphatic carbocycles. The Bertz CT molecular complexity index is 468. The largest absolute Gasteiger partial charge is 0.492 e. The first-order chi connectivity index (χ1) is 11.1. The number of carbonyl (C=O) groups is 2. The van der Waals surface area contributed by atoms with Crippen molar-refractivity contribution in [1.29, 1.82) is 0 Å². The Morgan fingerprint density at radius 1 is 1.00 bits per heavy atom. The maximum atomic E-state index is 11.7. The van der Waals surface area contributed by atoms with Crippen molar-refractivity contribution in [2.45, 2.75) is 0 Å². The van der Waals surface area contributed by atoms with E-state index < -0.39 is 0 Å². The third-order valence-corrected chi connectivity index (χ3v) is 2.89. The molecule has 1 aromatic rings. The minimum absolute atomic E-state index is 0.134. The smallest absolute Gasteiger partial charge is 0.234 e. The van der Waals surface area contributed by atoms with Gasteiger partial charge >= 0.3 is 0 Å². The van der Waals surface area contributed by atoms with Crippen LogP contribution in [0.3, 0.4) is 0 Å². The van der Waals surface area contributed by atoms with Crippen molar-refractivity contribution in [3.05, 3.63) is 30.3 Å². The number of para-hydroxylation sites is 1. The summed E-state index contributed by atoms with van der Waals surface area (Å²) in [6.45, 7) is 2.07. The Labute approximate surface area is 136 Å². The fourth-order valence-corrected chi connectivity index (χ4v) is 1.83. The predicted molar refractivity (Wildman–Crippen MR) is 87.3 cm³/mol. The summed E-state index contributed by atoms with van der Waals surface area (Å²) in [5.74, 6) is 0.491. The van der Waals surface area contributed by atoms with Crippen molar-refractivity contribution in [1.82, 2.24) is 15.5 Å². The quantitative estimate of drug-likeness (QED) is 0.555. The highest BCUT2D eigenvalue weighted by atomic mass is 16.5. The number of amides is 2. The van der Waals surface area contributed by atoms with Gasteiger partial charge in [0, 0.05) is 13.7 Å². The average molecular weight is 323 g/mol.